The summed E-state index contributed by atoms with van der Waals surface area (Å²) in [6.45, 7) is 0. The van der Waals surface area contributed by atoms with Gasteiger partial charge in [0.15, 0.2) is 11.6 Å². The molecule has 78 valence electrons. The van der Waals surface area contributed by atoms with E-state index in [4.69, 9.17) is 5.73 Å². The van der Waals surface area contributed by atoms with Crippen molar-refractivity contribution >= 4 is 11.3 Å². The Morgan fingerprint density at radius 1 is 1.07 bits per heavy atom. The van der Waals surface area contributed by atoms with Crippen LogP contribution in [-0.4, -0.2) is 0 Å². The van der Waals surface area contributed by atoms with E-state index in [0.717, 1.165) is 17.7 Å². The van der Waals surface area contributed by atoms with E-state index in [1.165, 1.54) is 17.4 Å². The summed E-state index contributed by atoms with van der Waals surface area (Å²) < 4.78 is 25.6. The zero-order chi connectivity index (χ0) is 10.8. The van der Waals surface area contributed by atoms with E-state index >= 15 is 0 Å². The molecule has 0 radical (unpaired) electrons. The normalized spacial score (nSPS) is 12.7. The van der Waals surface area contributed by atoms with E-state index in [9.17, 15) is 8.78 Å². The molecule has 1 heterocycles. The molecule has 0 saturated carbocycles. The van der Waals surface area contributed by atoms with Crippen molar-refractivity contribution in [3.63, 3.8) is 0 Å². The Hall–Kier alpha value is -1.26. The number of halogens is 2. The molecular formula is C11H9F2NS. The van der Waals surface area contributed by atoms with Gasteiger partial charge in [0.25, 0.3) is 0 Å². The van der Waals surface area contributed by atoms with Crippen LogP contribution < -0.4 is 5.73 Å². The summed E-state index contributed by atoms with van der Waals surface area (Å²) in [6.07, 6.45) is 0. The first-order valence-corrected chi connectivity index (χ1v) is 5.35. The first-order valence-electron chi connectivity index (χ1n) is 4.41. The molecule has 0 aliphatic carbocycles. The molecule has 0 aliphatic heterocycles. The van der Waals surface area contributed by atoms with Crippen molar-refractivity contribution < 1.29 is 8.78 Å². The molecule has 2 N–H and O–H groups in total. The summed E-state index contributed by atoms with van der Waals surface area (Å²) in [4.78, 5) is 0. The van der Waals surface area contributed by atoms with Crippen LogP contribution in [0, 0.1) is 11.6 Å². The second-order valence-electron chi connectivity index (χ2n) is 3.21. The summed E-state index contributed by atoms with van der Waals surface area (Å²) in [5.74, 6) is -1.71. The standard InChI is InChI=1S/C11H9F2NS/c12-9-2-1-7(5-10(9)13)11(14)8-3-4-15-6-8/h1-6,11H,14H2/t11-/m0/s1. The Balaban J connectivity index is 2.34. The Labute approximate surface area is 90.2 Å². The van der Waals surface area contributed by atoms with E-state index in [1.54, 1.807) is 0 Å². The highest BCUT2D eigenvalue weighted by Gasteiger charge is 2.11. The minimum atomic E-state index is -0.863. The zero-order valence-electron chi connectivity index (χ0n) is 7.78. The average molecular weight is 225 g/mol. The SMILES string of the molecule is N[C@H](c1ccsc1)c1ccc(F)c(F)c1. The molecule has 15 heavy (non-hydrogen) atoms. The first kappa shape index (κ1) is 10.3. The van der Waals surface area contributed by atoms with Crippen molar-refractivity contribution in [3.8, 4) is 0 Å². The predicted octanol–water partition coefficient (Wildman–Crippen LogP) is 3.07. The summed E-state index contributed by atoms with van der Waals surface area (Å²) in [6, 6.07) is 5.21. The Morgan fingerprint density at radius 2 is 1.87 bits per heavy atom. The number of hydrogen-bond acceptors (Lipinski definition) is 2. The van der Waals surface area contributed by atoms with Crippen molar-refractivity contribution in [2.24, 2.45) is 5.73 Å². The van der Waals surface area contributed by atoms with Gasteiger partial charge in [-0.25, -0.2) is 8.78 Å². The third-order valence-corrected chi connectivity index (χ3v) is 2.91. The molecule has 2 rings (SSSR count). The lowest BCUT2D eigenvalue weighted by molar-refractivity contribution is 0.506. The van der Waals surface area contributed by atoms with E-state index in [-0.39, 0.29) is 0 Å². The fourth-order valence-electron chi connectivity index (χ4n) is 1.35. The fraction of sp³-hybridized carbons (Fsp3) is 0.0909. The number of thiophene rings is 1. The van der Waals surface area contributed by atoms with Gasteiger partial charge >= 0.3 is 0 Å². The summed E-state index contributed by atoms with van der Waals surface area (Å²) in [7, 11) is 0. The van der Waals surface area contributed by atoms with Crippen LogP contribution >= 0.6 is 11.3 Å². The van der Waals surface area contributed by atoms with Crippen LogP contribution in [-0.2, 0) is 0 Å². The van der Waals surface area contributed by atoms with E-state index in [1.807, 2.05) is 16.8 Å². The molecule has 1 aromatic heterocycles. The Morgan fingerprint density at radius 3 is 2.47 bits per heavy atom. The van der Waals surface area contributed by atoms with Crippen LogP contribution in [0.3, 0.4) is 0 Å². The van der Waals surface area contributed by atoms with Crippen LogP contribution in [0.2, 0.25) is 0 Å². The fourth-order valence-corrected chi connectivity index (χ4v) is 2.05. The second kappa shape index (κ2) is 4.08. The van der Waals surface area contributed by atoms with Gasteiger partial charge in [-0.1, -0.05) is 6.07 Å². The number of nitrogens with two attached hydrogens (primary N) is 1. The predicted molar refractivity (Wildman–Crippen MR) is 56.7 cm³/mol. The van der Waals surface area contributed by atoms with Gasteiger partial charge in [0.05, 0.1) is 6.04 Å². The van der Waals surface area contributed by atoms with Gasteiger partial charge in [-0.3, -0.25) is 0 Å². The van der Waals surface area contributed by atoms with Gasteiger partial charge in [0, 0.05) is 0 Å². The van der Waals surface area contributed by atoms with Gasteiger partial charge in [0.1, 0.15) is 0 Å². The second-order valence-corrected chi connectivity index (χ2v) is 3.99. The van der Waals surface area contributed by atoms with E-state index in [2.05, 4.69) is 0 Å². The largest absolute Gasteiger partial charge is 0.320 e. The molecule has 0 saturated heterocycles. The topological polar surface area (TPSA) is 26.0 Å². The van der Waals surface area contributed by atoms with Crippen molar-refractivity contribution in [2.45, 2.75) is 6.04 Å². The Kier molecular flexibility index (Phi) is 2.79. The minimum Gasteiger partial charge on any atom is -0.320 e. The zero-order valence-corrected chi connectivity index (χ0v) is 8.60. The minimum absolute atomic E-state index is 0.397. The van der Waals surface area contributed by atoms with Gasteiger partial charge in [0.2, 0.25) is 0 Å². The number of rotatable bonds is 2. The highest BCUT2D eigenvalue weighted by molar-refractivity contribution is 7.08. The molecule has 1 atom stereocenters. The van der Waals surface area contributed by atoms with Crippen molar-refractivity contribution in [1.82, 2.24) is 0 Å². The lowest BCUT2D eigenvalue weighted by Gasteiger charge is -2.10. The highest BCUT2D eigenvalue weighted by atomic mass is 32.1. The van der Waals surface area contributed by atoms with E-state index in [0.29, 0.717) is 5.56 Å². The molecule has 0 spiro atoms. The maximum absolute atomic E-state index is 13.0. The lowest BCUT2D eigenvalue weighted by Crippen LogP contribution is -2.11. The van der Waals surface area contributed by atoms with Crippen LogP contribution in [0.5, 0.6) is 0 Å². The maximum atomic E-state index is 13.0. The van der Waals surface area contributed by atoms with Gasteiger partial charge in [-0.15, -0.1) is 0 Å². The lowest BCUT2D eigenvalue weighted by atomic mass is 10.0. The first-order chi connectivity index (χ1) is 7.18. The molecule has 1 nitrogen and oxygen atoms in total. The molecule has 2 aromatic rings. The number of hydrogen-bond donors (Lipinski definition) is 1. The van der Waals surface area contributed by atoms with Crippen LogP contribution in [0.15, 0.2) is 35.0 Å². The van der Waals surface area contributed by atoms with Gasteiger partial charge in [-0.2, -0.15) is 11.3 Å². The smallest absolute Gasteiger partial charge is 0.159 e. The molecule has 4 heteroatoms. The number of benzene rings is 1. The van der Waals surface area contributed by atoms with Crippen LogP contribution in [0.4, 0.5) is 8.78 Å². The summed E-state index contributed by atoms with van der Waals surface area (Å²) in [5.41, 5.74) is 7.38. The van der Waals surface area contributed by atoms with Crippen LogP contribution in [0.1, 0.15) is 17.2 Å². The van der Waals surface area contributed by atoms with Crippen molar-refractivity contribution in [3.05, 3.63) is 57.8 Å². The van der Waals surface area contributed by atoms with E-state index < -0.39 is 17.7 Å². The molecule has 0 amide bonds. The Bertz CT molecular complexity index is 454. The van der Waals surface area contributed by atoms with Crippen LogP contribution in [0.25, 0.3) is 0 Å². The van der Waals surface area contributed by atoms with Crippen molar-refractivity contribution in [2.75, 3.05) is 0 Å². The molecule has 1 aromatic carbocycles. The summed E-state index contributed by atoms with van der Waals surface area (Å²) >= 11 is 1.52. The molecule has 0 bridgehead atoms. The third-order valence-electron chi connectivity index (χ3n) is 2.21. The van der Waals surface area contributed by atoms with Crippen molar-refractivity contribution in [1.29, 1.82) is 0 Å². The molecule has 0 fully saturated rings. The highest BCUT2D eigenvalue weighted by Crippen LogP contribution is 2.22. The van der Waals surface area contributed by atoms with Gasteiger partial charge < -0.3 is 5.73 Å². The quantitative estimate of drug-likeness (QED) is 0.835. The maximum Gasteiger partial charge on any atom is 0.159 e. The third kappa shape index (κ3) is 2.06. The molecular weight excluding hydrogens is 216 g/mol. The summed E-state index contributed by atoms with van der Waals surface area (Å²) in [5, 5.41) is 3.79. The molecule has 0 unspecified atom stereocenters. The van der Waals surface area contributed by atoms with Gasteiger partial charge in [-0.05, 0) is 40.1 Å². The monoisotopic (exact) mass is 225 g/mol. The average Bonchev–Trinajstić information content (AvgIpc) is 2.74. The molecule has 0 aliphatic rings.